The van der Waals surface area contributed by atoms with Crippen molar-refractivity contribution in [3.63, 3.8) is 0 Å². The van der Waals surface area contributed by atoms with Crippen molar-refractivity contribution in [1.29, 1.82) is 0 Å². The smallest absolute Gasteiger partial charge is 0.231 e. The molecule has 4 nitrogen and oxygen atoms in total. The van der Waals surface area contributed by atoms with Crippen molar-refractivity contribution in [3.8, 4) is 0 Å². The summed E-state index contributed by atoms with van der Waals surface area (Å²) in [4.78, 5) is 4.67. The fraction of sp³-hybridized carbons (Fsp3) is 0.857. The lowest BCUT2D eigenvalue weighted by Gasteiger charge is -2.24. The second-order valence-electron chi connectivity index (χ2n) is 6.00. The van der Waals surface area contributed by atoms with E-state index in [2.05, 4.69) is 22.4 Å². The van der Waals surface area contributed by atoms with Gasteiger partial charge in [0.05, 0.1) is 5.92 Å². The number of hydrogen-bond donors (Lipinski definition) is 1. The molecule has 1 N–H and O–H groups in total. The summed E-state index contributed by atoms with van der Waals surface area (Å²) in [5.41, 5.74) is 0. The highest BCUT2D eigenvalue weighted by molar-refractivity contribution is 5.02. The van der Waals surface area contributed by atoms with E-state index in [0.29, 0.717) is 11.8 Å². The Morgan fingerprint density at radius 1 is 1.17 bits per heavy atom. The standard InChI is InChI=1S/C14H23N3O/c1-10-4-2-5-11(8-10)13-16-14(18-17-13)12-6-3-7-15-9-12/h10-12,15H,2-9H2,1H3/t10?,11?,12-/m0/s1. The highest BCUT2D eigenvalue weighted by atomic mass is 16.5. The molecule has 3 atom stereocenters. The van der Waals surface area contributed by atoms with Gasteiger partial charge >= 0.3 is 0 Å². The van der Waals surface area contributed by atoms with Gasteiger partial charge in [0, 0.05) is 12.5 Å². The molecule has 0 radical (unpaired) electrons. The molecule has 2 aliphatic rings. The van der Waals surface area contributed by atoms with E-state index < -0.39 is 0 Å². The van der Waals surface area contributed by atoms with Crippen molar-refractivity contribution in [2.45, 2.75) is 57.3 Å². The van der Waals surface area contributed by atoms with Crippen molar-refractivity contribution in [2.75, 3.05) is 13.1 Å². The van der Waals surface area contributed by atoms with Crippen LogP contribution in [0.3, 0.4) is 0 Å². The van der Waals surface area contributed by atoms with Crippen LogP contribution in [0, 0.1) is 5.92 Å². The molecule has 2 fully saturated rings. The van der Waals surface area contributed by atoms with Gasteiger partial charge in [0.15, 0.2) is 5.82 Å². The van der Waals surface area contributed by atoms with Crippen LogP contribution in [0.5, 0.6) is 0 Å². The molecule has 1 aromatic heterocycles. The van der Waals surface area contributed by atoms with Crippen LogP contribution in [-0.2, 0) is 0 Å². The van der Waals surface area contributed by atoms with Crippen LogP contribution in [0.4, 0.5) is 0 Å². The molecular weight excluding hydrogens is 226 g/mol. The molecule has 1 aromatic rings. The Labute approximate surface area is 109 Å². The molecular formula is C14H23N3O. The number of nitrogens with zero attached hydrogens (tertiary/aromatic N) is 2. The van der Waals surface area contributed by atoms with Crippen LogP contribution in [-0.4, -0.2) is 23.2 Å². The maximum Gasteiger partial charge on any atom is 0.231 e. The predicted octanol–water partition coefficient (Wildman–Crippen LogP) is 2.83. The van der Waals surface area contributed by atoms with Crippen LogP contribution in [0.2, 0.25) is 0 Å². The lowest BCUT2D eigenvalue weighted by molar-refractivity contribution is 0.305. The summed E-state index contributed by atoms with van der Waals surface area (Å²) in [6.45, 7) is 4.44. The maximum absolute atomic E-state index is 5.49. The van der Waals surface area contributed by atoms with E-state index in [4.69, 9.17) is 4.52 Å². The van der Waals surface area contributed by atoms with Crippen LogP contribution in [0.25, 0.3) is 0 Å². The van der Waals surface area contributed by atoms with Gasteiger partial charge in [0.25, 0.3) is 0 Å². The van der Waals surface area contributed by atoms with Gasteiger partial charge in [-0.15, -0.1) is 0 Å². The zero-order valence-electron chi connectivity index (χ0n) is 11.2. The minimum atomic E-state index is 0.431. The molecule has 1 saturated heterocycles. The zero-order valence-corrected chi connectivity index (χ0v) is 11.2. The fourth-order valence-corrected chi connectivity index (χ4v) is 3.31. The van der Waals surface area contributed by atoms with Gasteiger partial charge in [0.1, 0.15) is 0 Å². The van der Waals surface area contributed by atoms with Crippen molar-refractivity contribution in [2.24, 2.45) is 5.92 Å². The second-order valence-corrected chi connectivity index (χ2v) is 6.00. The summed E-state index contributed by atoms with van der Waals surface area (Å²) in [5.74, 6) is 3.59. The minimum Gasteiger partial charge on any atom is -0.339 e. The first-order chi connectivity index (χ1) is 8.83. The highest BCUT2D eigenvalue weighted by Crippen LogP contribution is 2.35. The Bertz CT molecular complexity index is 384. The molecule has 2 heterocycles. The number of piperidine rings is 1. The number of aromatic nitrogens is 2. The Hall–Kier alpha value is -0.900. The summed E-state index contributed by atoms with van der Waals surface area (Å²) >= 11 is 0. The average molecular weight is 249 g/mol. The third-order valence-electron chi connectivity index (χ3n) is 4.41. The largest absolute Gasteiger partial charge is 0.339 e. The fourth-order valence-electron chi connectivity index (χ4n) is 3.31. The van der Waals surface area contributed by atoms with Gasteiger partial charge in [-0.1, -0.05) is 24.9 Å². The van der Waals surface area contributed by atoms with Crippen LogP contribution in [0.15, 0.2) is 4.52 Å². The molecule has 1 aliphatic carbocycles. The molecule has 0 bridgehead atoms. The Balaban J connectivity index is 1.68. The SMILES string of the molecule is CC1CCCC(c2noc([C@H]3CCCNC3)n2)C1. The van der Waals surface area contributed by atoms with Gasteiger partial charge in [-0.3, -0.25) is 0 Å². The van der Waals surface area contributed by atoms with Crippen molar-refractivity contribution >= 4 is 0 Å². The van der Waals surface area contributed by atoms with Crippen molar-refractivity contribution in [1.82, 2.24) is 15.5 Å². The molecule has 100 valence electrons. The van der Waals surface area contributed by atoms with Crippen LogP contribution in [0.1, 0.15) is 69.0 Å². The molecule has 0 amide bonds. The quantitative estimate of drug-likeness (QED) is 0.875. The average Bonchev–Trinajstić information content (AvgIpc) is 2.89. The molecule has 1 aliphatic heterocycles. The van der Waals surface area contributed by atoms with E-state index in [1.165, 1.54) is 38.5 Å². The first-order valence-electron chi connectivity index (χ1n) is 7.37. The number of hydrogen-bond acceptors (Lipinski definition) is 4. The summed E-state index contributed by atoms with van der Waals surface area (Å²) in [6, 6.07) is 0. The third-order valence-corrected chi connectivity index (χ3v) is 4.41. The highest BCUT2D eigenvalue weighted by Gasteiger charge is 2.27. The predicted molar refractivity (Wildman–Crippen MR) is 69.5 cm³/mol. The first kappa shape index (κ1) is 12.2. The van der Waals surface area contributed by atoms with Crippen LogP contribution >= 0.6 is 0 Å². The second kappa shape index (κ2) is 5.39. The topological polar surface area (TPSA) is 51.0 Å². The Kier molecular flexibility index (Phi) is 3.64. The lowest BCUT2D eigenvalue weighted by Crippen LogP contribution is -2.28. The van der Waals surface area contributed by atoms with Gasteiger partial charge in [-0.2, -0.15) is 4.98 Å². The van der Waals surface area contributed by atoms with Crippen molar-refractivity contribution < 1.29 is 4.52 Å². The molecule has 2 unspecified atom stereocenters. The molecule has 1 saturated carbocycles. The van der Waals surface area contributed by atoms with Gasteiger partial charge in [-0.05, 0) is 38.1 Å². The summed E-state index contributed by atoms with van der Waals surface area (Å²) < 4.78 is 5.49. The number of rotatable bonds is 2. The first-order valence-corrected chi connectivity index (χ1v) is 7.37. The lowest BCUT2D eigenvalue weighted by atomic mass is 9.82. The van der Waals surface area contributed by atoms with E-state index in [-0.39, 0.29) is 0 Å². The summed E-state index contributed by atoms with van der Waals surface area (Å²) in [6.07, 6.45) is 7.50. The summed E-state index contributed by atoms with van der Waals surface area (Å²) in [7, 11) is 0. The Morgan fingerprint density at radius 2 is 2.06 bits per heavy atom. The number of nitrogens with one attached hydrogen (secondary N) is 1. The van der Waals surface area contributed by atoms with Crippen LogP contribution < -0.4 is 5.32 Å². The van der Waals surface area contributed by atoms with E-state index in [9.17, 15) is 0 Å². The third kappa shape index (κ3) is 2.58. The van der Waals surface area contributed by atoms with E-state index >= 15 is 0 Å². The normalized spacial score (nSPS) is 33.5. The van der Waals surface area contributed by atoms with Gasteiger partial charge < -0.3 is 9.84 Å². The van der Waals surface area contributed by atoms with Gasteiger partial charge in [0.2, 0.25) is 5.89 Å². The molecule has 18 heavy (non-hydrogen) atoms. The van der Waals surface area contributed by atoms with Gasteiger partial charge in [-0.25, -0.2) is 0 Å². The van der Waals surface area contributed by atoms with Crippen molar-refractivity contribution in [3.05, 3.63) is 11.7 Å². The molecule has 4 heteroatoms. The maximum atomic E-state index is 5.49. The zero-order chi connectivity index (χ0) is 12.4. The Morgan fingerprint density at radius 3 is 2.83 bits per heavy atom. The van der Waals surface area contributed by atoms with E-state index in [1.54, 1.807) is 0 Å². The molecule has 3 rings (SSSR count). The monoisotopic (exact) mass is 249 g/mol. The molecule has 0 aromatic carbocycles. The van der Waals surface area contributed by atoms with E-state index in [1.807, 2.05) is 0 Å². The summed E-state index contributed by atoms with van der Waals surface area (Å²) in [5, 5.41) is 7.64. The molecule has 0 spiro atoms. The minimum absolute atomic E-state index is 0.431. The van der Waals surface area contributed by atoms with E-state index in [0.717, 1.165) is 30.7 Å².